The van der Waals surface area contributed by atoms with Crippen molar-refractivity contribution in [3.05, 3.63) is 47.5 Å². The molecule has 0 saturated carbocycles. The third kappa shape index (κ3) is 2.89. The highest BCUT2D eigenvalue weighted by molar-refractivity contribution is 5.20. The van der Waals surface area contributed by atoms with Crippen molar-refractivity contribution >= 4 is 0 Å². The minimum atomic E-state index is -0.572. The smallest absolute Gasteiger partial charge is 0.146 e. The van der Waals surface area contributed by atoms with Gasteiger partial charge in [0.05, 0.1) is 6.54 Å². The summed E-state index contributed by atoms with van der Waals surface area (Å²) in [6.45, 7) is 2.32. The summed E-state index contributed by atoms with van der Waals surface area (Å²) in [5.41, 5.74) is 0.565. The van der Waals surface area contributed by atoms with E-state index in [4.69, 9.17) is 0 Å². The minimum Gasteiger partial charge on any atom is -0.320 e. The maximum absolute atomic E-state index is 13.1. The van der Waals surface area contributed by atoms with Crippen molar-refractivity contribution in [1.82, 2.24) is 20.1 Å². The van der Waals surface area contributed by atoms with E-state index < -0.39 is 11.6 Å². The van der Waals surface area contributed by atoms with Gasteiger partial charge in [-0.1, -0.05) is 0 Å². The fourth-order valence-corrected chi connectivity index (χ4v) is 1.65. The summed E-state index contributed by atoms with van der Waals surface area (Å²) in [5.74, 6) is -0.381. The Balaban J connectivity index is 2.03. The molecule has 1 aromatic carbocycles. The van der Waals surface area contributed by atoms with Crippen LogP contribution in [-0.2, 0) is 13.6 Å². The fraction of sp³-hybridized carbons (Fsp3) is 0.333. The molecule has 0 aliphatic heterocycles. The monoisotopic (exact) mass is 252 g/mol. The van der Waals surface area contributed by atoms with Crippen LogP contribution in [0, 0.1) is 11.6 Å². The van der Waals surface area contributed by atoms with Crippen LogP contribution in [0.15, 0.2) is 24.5 Å². The number of halogens is 2. The van der Waals surface area contributed by atoms with E-state index in [0.29, 0.717) is 12.1 Å². The zero-order chi connectivity index (χ0) is 13.1. The molecule has 1 aromatic heterocycles. The number of benzene rings is 1. The van der Waals surface area contributed by atoms with Gasteiger partial charge in [0.2, 0.25) is 0 Å². The highest BCUT2D eigenvalue weighted by Gasteiger charge is 2.09. The Morgan fingerprint density at radius 1 is 1.28 bits per heavy atom. The van der Waals surface area contributed by atoms with Gasteiger partial charge in [-0.3, -0.25) is 0 Å². The van der Waals surface area contributed by atoms with Crippen LogP contribution in [0.1, 0.15) is 24.4 Å². The van der Waals surface area contributed by atoms with Crippen molar-refractivity contribution in [2.75, 3.05) is 0 Å². The average Bonchev–Trinajstić information content (AvgIpc) is 2.70. The van der Waals surface area contributed by atoms with Gasteiger partial charge in [0.1, 0.15) is 23.8 Å². The second-order valence-corrected chi connectivity index (χ2v) is 4.16. The average molecular weight is 252 g/mol. The number of aryl methyl sites for hydroxylation is 1. The first-order valence-corrected chi connectivity index (χ1v) is 5.58. The molecule has 96 valence electrons. The largest absolute Gasteiger partial charge is 0.320 e. The zero-order valence-electron chi connectivity index (χ0n) is 10.2. The molecule has 18 heavy (non-hydrogen) atoms. The number of hydrogen-bond acceptors (Lipinski definition) is 3. The lowest BCUT2D eigenvalue weighted by Gasteiger charge is -2.14. The first kappa shape index (κ1) is 12.6. The summed E-state index contributed by atoms with van der Waals surface area (Å²) in [6, 6.07) is 3.32. The Bertz CT molecular complexity index is 518. The third-order valence-corrected chi connectivity index (χ3v) is 2.76. The van der Waals surface area contributed by atoms with Gasteiger partial charge in [0, 0.05) is 19.2 Å². The molecule has 0 aliphatic carbocycles. The molecule has 0 fully saturated rings. The third-order valence-electron chi connectivity index (χ3n) is 2.76. The number of hydrogen-bond donors (Lipinski definition) is 1. The quantitative estimate of drug-likeness (QED) is 0.904. The van der Waals surface area contributed by atoms with Crippen LogP contribution in [0.5, 0.6) is 0 Å². The van der Waals surface area contributed by atoms with E-state index in [1.807, 2.05) is 14.0 Å². The lowest BCUT2D eigenvalue weighted by atomic mass is 10.1. The Hall–Kier alpha value is -1.82. The van der Waals surface area contributed by atoms with Gasteiger partial charge in [-0.05, 0) is 24.6 Å². The summed E-state index contributed by atoms with van der Waals surface area (Å²) in [4.78, 5) is 0. The standard InChI is InChI=1S/C12H14F2N4/c1-8(9-3-10(13)5-11(14)4-9)15-6-12-17-16-7-18(12)2/h3-5,7-8,15H,6H2,1-2H3. The summed E-state index contributed by atoms with van der Waals surface area (Å²) in [5, 5.41) is 10.8. The van der Waals surface area contributed by atoms with Crippen LogP contribution in [-0.4, -0.2) is 14.8 Å². The zero-order valence-corrected chi connectivity index (χ0v) is 10.2. The number of nitrogens with one attached hydrogen (secondary N) is 1. The molecule has 2 aromatic rings. The maximum atomic E-state index is 13.1. The summed E-state index contributed by atoms with van der Waals surface area (Å²) in [7, 11) is 1.84. The first-order valence-electron chi connectivity index (χ1n) is 5.58. The van der Waals surface area contributed by atoms with Crippen molar-refractivity contribution in [1.29, 1.82) is 0 Å². The van der Waals surface area contributed by atoms with E-state index in [2.05, 4.69) is 15.5 Å². The van der Waals surface area contributed by atoms with E-state index in [9.17, 15) is 8.78 Å². The predicted molar refractivity (Wildman–Crippen MR) is 62.6 cm³/mol. The molecule has 6 heteroatoms. The van der Waals surface area contributed by atoms with Gasteiger partial charge in [-0.15, -0.1) is 10.2 Å². The predicted octanol–water partition coefficient (Wildman–Crippen LogP) is 1.94. The van der Waals surface area contributed by atoms with Crippen molar-refractivity contribution in [2.24, 2.45) is 7.05 Å². The number of aromatic nitrogens is 3. The summed E-state index contributed by atoms with van der Waals surface area (Å²) >= 11 is 0. The van der Waals surface area contributed by atoms with E-state index in [0.717, 1.165) is 11.9 Å². The Labute approximate surface area is 104 Å². The van der Waals surface area contributed by atoms with E-state index in [1.165, 1.54) is 12.1 Å². The van der Waals surface area contributed by atoms with Crippen molar-refractivity contribution in [3.8, 4) is 0 Å². The van der Waals surface area contributed by atoms with Gasteiger partial charge in [-0.25, -0.2) is 8.78 Å². The van der Waals surface area contributed by atoms with E-state index >= 15 is 0 Å². The minimum absolute atomic E-state index is 0.174. The molecular formula is C12H14F2N4. The molecule has 2 rings (SSSR count). The molecule has 1 N–H and O–H groups in total. The molecule has 0 amide bonds. The molecular weight excluding hydrogens is 238 g/mol. The molecule has 0 saturated heterocycles. The number of rotatable bonds is 4. The highest BCUT2D eigenvalue weighted by atomic mass is 19.1. The van der Waals surface area contributed by atoms with Crippen molar-refractivity contribution in [3.63, 3.8) is 0 Å². The van der Waals surface area contributed by atoms with Gasteiger partial charge < -0.3 is 9.88 Å². The molecule has 0 bridgehead atoms. The van der Waals surface area contributed by atoms with Crippen LogP contribution in [0.2, 0.25) is 0 Å². The van der Waals surface area contributed by atoms with Gasteiger partial charge in [0.25, 0.3) is 0 Å². The lowest BCUT2D eigenvalue weighted by molar-refractivity contribution is 0.531. The van der Waals surface area contributed by atoms with Crippen molar-refractivity contribution in [2.45, 2.75) is 19.5 Å². The van der Waals surface area contributed by atoms with Crippen molar-refractivity contribution < 1.29 is 8.78 Å². The van der Waals surface area contributed by atoms with E-state index in [1.54, 1.807) is 10.9 Å². The van der Waals surface area contributed by atoms with Crippen LogP contribution >= 0.6 is 0 Å². The van der Waals surface area contributed by atoms with Crippen LogP contribution in [0.25, 0.3) is 0 Å². The molecule has 1 heterocycles. The van der Waals surface area contributed by atoms with Gasteiger partial charge in [-0.2, -0.15) is 0 Å². The Morgan fingerprint density at radius 2 is 1.94 bits per heavy atom. The Kier molecular flexibility index (Phi) is 3.66. The molecule has 1 unspecified atom stereocenters. The van der Waals surface area contributed by atoms with Crippen LogP contribution in [0.3, 0.4) is 0 Å². The van der Waals surface area contributed by atoms with E-state index in [-0.39, 0.29) is 6.04 Å². The fourth-order valence-electron chi connectivity index (χ4n) is 1.65. The summed E-state index contributed by atoms with van der Waals surface area (Å²) in [6.07, 6.45) is 1.60. The molecule has 0 aliphatic rings. The molecule has 1 atom stereocenters. The number of nitrogens with zero attached hydrogens (tertiary/aromatic N) is 3. The molecule has 0 spiro atoms. The second-order valence-electron chi connectivity index (χ2n) is 4.16. The summed E-state index contributed by atoms with van der Waals surface area (Å²) < 4.78 is 27.9. The lowest BCUT2D eigenvalue weighted by Crippen LogP contribution is -2.20. The highest BCUT2D eigenvalue weighted by Crippen LogP contribution is 2.16. The SMILES string of the molecule is CC(NCc1nncn1C)c1cc(F)cc(F)c1. The Morgan fingerprint density at radius 3 is 2.50 bits per heavy atom. The van der Waals surface area contributed by atoms with Crippen LogP contribution in [0.4, 0.5) is 8.78 Å². The first-order chi connectivity index (χ1) is 8.56. The molecule has 0 radical (unpaired) electrons. The maximum Gasteiger partial charge on any atom is 0.146 e. The normalized spacial score (nSPS) is 12.7. The van der Waals surface area contributed by atoms with Crippen LogP contribution < -0.4 is 5.32 Å². The second kappa shape index (κ2) is 5.22. The van der Waals surface area contributed by atoms with Gasteiger partial charge in [0.15, 0.2) is 0 Å². The topological polar surface area (TPSA) is 42.7 Å². The molecule has 4 nitrogen and oxygen atoms in total. The van der Waals surface area contributed by atoms with Gasteiger partial charge >= 0.3 is 0 Å².